The fraction of sp³-hybridized carbons (Fsp3) is 0.267. The lowest BCUT2D eigenvalue weighted by molar-refractivity contribution is 0.102. The zero-order chi connectivity index (χ0) is 13.1. The van der Waals surface area contributed by atoms with E-state index in [2.05, 4.69) is 0 Å². The molecule has 1 heterocycles. The van der Waals surface area contributed by atoms with Gasteiger partial charge in [-0.2, -0.15) is 0 Å². The number of aryl methyl sites for hydroxylation is 2. The van der Waals surface area contributed by atoms with Crippen LogP contribution in [0.3, 0.4) is 0 Å². The van der Waals surface area contributed by atoms with Crippen LogP contribution in [0.25, 0.3) is 0 Å². The second kappa shape index (κ2) is 5.19. The lowest BCUT2D eigenvalue weighted by Gasteiger charge is -2.11. The minimum atomic E-state index is 0.0400. The monoisotopic (exact) mass is 243 g/mol. The standard InChI is InChI=1S/C15H17NO2/c1-11-6-4-7-12(13(11)10-18-3)15(17)14-8-5-9-16(14)2/h4-9H,10H2,1-3H3. The smallest absolute Gasteiger partial charge is 0.209 e. The molecular formula is C15H17NO2. The first-order chi connectivity index (χ1) is 8.65. The molecule has 1 aromatic carbocycles. The molecule has 0 fully saturated rings. The van der Waals surface area contributed by atoms with Gasteiger partial charge < -0.3 is 9.30 Å². The summed E-state index contributed by atoms with van der Waals surface area (Å²) in [6, 6.07) is 9.47. The van der Waals surface area contributed by atoms with E-state index in [-0.39, 0.29) is 5.78 Å². The van der Waals surface area contributed by atoms with Crippen LogP contribution in [-0.2, 0) is 18.4 Å². The van der Waals surface area contributed by atoms with Crippen LogP contribution in [0.4, 0.5) is 0 Å². The highest BCUT2D eigenvalue weighted by molar-refractivity contribution is 6.09. The molecule has 0 unspecified atom stereocenters. The number of hydrogen-bond donors (Lipinski definition) is 0. The van der Waals surface area contributed by atoms with E-state index in [0.717, 1.165) is 16.7 Å². The molecule has 0 bridgehead atoms. The zero-order valence-corrected chi connectivity index (χ0v) is 10.9. The molecule has 0 saturated carbocycles. The van der Waals surface area contributed by atoms with Crippen molar-refractivity contribution in [1.82, 2.24) is 4.57 Å². The van der Waals surface area contributed by atoms with Crippen molar-refractivity contribution < 1.29 is 9.53 Å². The maximum absolute atomic E-state index is 12.5. The van der Waals surface area contributed by atoms with E-state index in [0.29, 0.717) is 12.3 Å². The number of ether oxygens (including phenoxy) is 1. The highest BCUT2D eigenvalue weighted by Gasteiger charge is 2.16. The highest BCUT2D eigenvalue weighted by Crippen LogP contribution is 2.19. The first-order valence-electron chi connectivity index (χ1n) is 5.88. The van der Waals surface area contributed by atoms with E-state index < -0.39 is 0 Å². The predicted octanol–water partition coefficient (Wildman–Crippen LogP) is 2.71. The number of hydrogen-bond acceptors (Lipinski definition) is 2. The summed E-state index contributed by atoms with van der Waals surface area (Å²) in [7, 11) is 3.52. The summed E-state index contributed by atoms with van der Waals surface area (Å²) in [5.41, 5.74) is 3.46. The van der Waals surface area contributed by atoms with Crippen molar-refractivity contribution in [3.63, 3.8) is 0 Å². The summed E-state index contributed by atoms with van der Waals surface area (Å²) >= 11 is 0. The van der Waals surface area contributed by atoms with Crippen LogP contribution in [0.1, 0.15) is 27.2 Å². The molecule has 0 radical (unpaired) electrons. The van der Waals surface area contributed by atoms with Gasteiger partial charge in [0, 0.05) is 25.9 Å². The molecule has 0 saturated heterocycles. The van der Waals surface area contributed by atoms with Crippen LogP contribution in [0.5, 0.6) is 0 Å². The van der Waals surface area contributed by atoms with Gasteiger partial charge in [-0.05, 0) is 30.2 Å². The molecule has 94 valence electrons. The number of carbonyl (C=O) groups excluding carboxylic acids is 1. The fourth-order valence-electron chi connectivity index (χ4n) is 2.09. The van der Waals surface area contributed by atoms with Crippen molar-refractivity contribution in [3.05, 3.63) is 58.9 Å². The summed E-state index contributed by atoms with van der Waals surface area (Å²) in [4.78, 5) is 12.5. The lowest BCUT2D eigenvalue weighted by atomic mass is 9.98. The van der Waals surface area contributed by atoms with Gasteiger partial charge in [-0.1, -0.05) is 18.2 Å². The Labute approximate surface area is 107 Å². The lowest BCUT2D eigenvalue weighted by Crippen LogP contribution is -2.11. The summed E-state index contributed by atoms with van der Waals surface area (Å²) in [6.07, 6.45) is 1.87. The Balaban J connectivity index is 2.48. The second-order valence-electron chi connectivity index (χ2n) is 4.37. The zero-order valence-electron chi connectivity index (χ0n) is 10.9. The molecular weight excluding hydrogens is 226 g/mol. The van der Waals surface area contributed by atoms with E-state index in [4.69, 9.17) is 4.74 Å². The number of aromatic nitrogens is 1. The molecule has 0 aliphatic carbocycles. The summed E-state index contributed by atoms with van der Waals surface area (Å²) in [6.45, 7) is 2.45. The molecule has 3 heteroatoms. The molecule has 18 heavy (non-hydrogen) atoms. The minimum absolute atomic E-state index is 0.0400. The Morgan fingerprint density at radius 3 is 2.67 bits per heavy atom. The molecule has 0 aliphatic rings. The van der Waals surface area contributed by atoms with Crippen LogP contribution >= 0.6 is 0 Å². The van der Waals surface area contributed by atoms with Crippen molar-refractivity contribution in [2.24, 2.45) is 7.05 Å². The Hall–Kier alpha value is -1.87. The third kappa shape index (κ3) is 2.22. The Morgan fingerprint density at radius 1 is 1.28 bits per heavy atom. The van der Waals surface area contributed by atoms with Crippen molar-refractivity contribution in [1.29, 1.82) is 0 Å². The molecule has 3 nitrogen and oxygen atoms in total. The van der Waals surface area contributed by atoms with Crippen molar-refractivity contribution in [3.8, 4) is 0 Å². The SMILES string of the molecule is COCc1c(C)cccc1C(=O)c1cccn1C. The number of carbonyl (C=O) groups is 1. The van der Waals surface area contributed by atoms with Crippen molar-refractivity contribution in [2.75, 3.05) is 7.11 Å². The number of benzene rings is 1. The first kappa shape index (κ1) is 12.6. The first-order valence-corrected chi connectivity index (χ1v) is 5.88. The van der Waals surface area contributed by atoms with Crippen LogP contribution in [0, 0.1) is 6.92 Å². The van der Waals surface area contributed by atoms with Gasteiger partial charge in [0.2, 0.25) is 5.78 Å². The molecule has 2 aromatic rings. The average Bonchev–Trinajstić information content (AvgIpc) is 2.77. The highest BCUT2D eigenvalue weighted by atomic mass is 16.5. The van der Waals surface area contributed by atoms with Crippen LogP contribution in [0.2, 0.25) is 0 Å². The summed E-state index contributed by atoms with van der Waals surface area (Å²) in [5, 5.41) is 0. The topological polar surface area (TPSA) is 31.2 Å². The Bertz CT molecular complexity index is 570. The number of methoxy groups -OCH3 is 1. The normalized spacial score (nSPS) is 10.6. The largest absolute Gasteiger partial charge is 0.380 e. The third-order valence-electron chi connectivity index (χ3n) is 3.12. The average molecular weight is 243 g/mol. The van der Waals surface area contributed by atoms with Crippen LogP contribution in [-0.4, -0.2) is 17.5 Å². The fourth-order valence-corrected chi connectivity index (χ4v) is 2.09. The van der Waals surface area contributed by atoms with Crippen molar-refractivity contribution in [2.45, 2.75) is 13.5 Å². The number of ketones is 1. The molecule has 2 rings (SSSR count). The van der Waals surface area contributed by atoms with Gasteiger partial charge in [0.05, 0.1) is 12.3 Å². The van der Waals surface area contributed by atoms with E-state index in [1.54, 1.807) is 7.11 Å². The van der Waals surface area contributed by atoms with Crippen molar-refractivity contribution >= 4 is 5.78 Å². The van der Waals surface area contributed by atoms with Gasteiger partial charge in [0.1, 0.15) is 0 Å². The van der Waals surface area contributed by atoms with E-state index >= 15 is 0 Å². The van der Waals surface area contributed by atoms with Gasteiger partial charge in [-0.15, -0.1) is 0 Å². The van der Waals surface area contributed by atoms with Gasteiger partial charge in [0.15, 0.2) is 0 Å². The molecule has 0 atom stereocenters. The van der Waals surface area contributed by atoms with E-state index in [1.165, 1.54) is 0 Å². The Morgan fingerprint density at radius 2 is 2.06 bits per heavy atom. The minimum Gasteiger partial charge on any atom is -0.380 e. The molecule has 1 aromatic heterocycles. The number of rotatable bonds is 4. The van der Waals surface area contributed by atoms with Gasteiger partial charge in [-0.25, -0.2) is 0 Å². The predicted molar refractivity (Wildman–Crippen MR) is 70.7 cm³/mol. The van der Waals surface area contributed by atoms with Crippen LogP contribution in [0.15, 0.2) is 36.5 Å². The third-order valence-corrected chi connectivity index (χ3v) is 3.12. The van der Waals surface area contributed by atoms with Gasteiger partial charge >= 0.3 is 0 Å². The molecule has 0 aliphatic heterocycles. The maximum atomic E-state index is 12.5. The van der Waals surface area contributed by atoms with Gasteiger partial charge in [0.25, 0.3) is 0 Å². The maximum Gasteiger partial charge on any atom is 0.209 e. The quantitative estimate of drug-likeness (QED) is 0.773. The Kier molecular flexibility index (Phi) is 3.63. The van der Waals surface area contributed by atoms with Gasteiger partial charge in [-0.3, -0.25) is 4.79 Å². The molecule has 0 amide bonds. The summed E-state index contributed by atoms with van der Waals surface area (Å²) in [5.74, 6) is 0.0400. The summed E-state index contributed by atoms with van der Waals surface area (Å²) < 4.78 is 7.02. The van der Waals surface area contributed by atoms with E-state index in [1.807, 2.05) is 55.1 Å². The number of nitrogens with zero attached hydrogens (tertiary/aromatic N) is 1. The van der Waals surface area contributed by atoms with Crippen LogP contribution < -0.4 is 0 Å². The second-order valence-corrected chi connectivity index (χ2v) is 4.37. The molecule has 0 N–H and O–H groups in total. The molecule has 0 spiro atoms. The van der Waals surface area contributed by atoms with E-state index in [9.17, 15) is 4.79 Å².